The molecule has 1 heterocycles. The molecule has 1 aliphatic carbocycles. The topological polar surface area (TPSA) is 66.0 Å². The number of benzene rings is 1. The van der Waals surface area contributed by atoms with Crippen molar-refractivity contribution >= 4 is 0 Å². The Kier molecular flexibility index (Phi) is 4.20. The molecule has 0 amide bonds. The maximum Gasteiger partial charge on any atom is 0.164 e. The normalized spacial score (nSPS) is 17.5. The highest BCUT2D eigenvalue weighted by Gasteiger charge is 2.17. The van der Waals surface area contributed by atoms with Crippen LogP contribution in [0.25, 0.3) is 0 Å². The Labute approximate surface area is 125 Å². The van der Waals surface area contributed by atoms with Gasteiger partial charge >= 0.3 is 0 Å². The molecule has 2 aromatic rings. The van der Waals surface area contributed by atoms with Crippen molar-refractivity contribution in [3.8, 4) is 5.75 Å². The number of aromatic nitrogens is 3. The Morgan fingerprint density at radius 3 is 3.19 bits per heavy atom. The summed E-state index contributed by atoms with van der Waals surface area (Å²) in [6.45, 7) is 3.43. The Balaban J connectivity index is 1.71. The summed E-state index contributed by atoms with van der Waals surface area (Å²) >= 11 is 0. The fraction of sp³-hybridized carbons (Fsp3) is 0.500. The summed E-state index contributed by atoms with van der Waals surface area (Å²) in [7, 11) is 0. The molecule has 3 rings (SSSR count). The molecule has 0 aliphatic heterocycles. The predicted molar refractivity (Wildman–Crippen MR) is 81.0 cm³/mol. The molecule has 0 bridgehead atoms. The van der Waals surface area contributed by atoms with Gasteiger partial charge in [0.25, 0.3) is 0 Å². The van der Waals surface area contributed by atoms with Crippen molar-refractivity contribution in [2.45, 2.75) is 51.8 Å². The molecule has 0 radical (unpaired) electrons. The lowest BCUT2D eigenvalue weighted by Crippen LogP contribution is -2.17. The van der Waals surface area contributed by atoms with E-state index >= 15 is 0 Å². The molecular weight excluding hydrogens is 264 g/mol. The van der Waals surface area contributed by atoms with E-state index in [2.05, 4.69) is 29.1 Å². The molecule has 1 aromatic carbocycles. The van der Waals surface area contributed by atoms with Crippen LogP contribution < -0.4 is 10.5 Å². The molecule has 112 valence electrons. The summed E-state index contributed by atoms with van der Waals surface area (Å²) in [6.07, 6.45) is 5.96. The zero-order valence-electron chi connectivity index (χ0n) is 12.5. The summed E-state index contributed by atoms with van der Waals surface area (Å²) in [6, 6.07) is 6.39. The van der Waals surface area contributed by atoms with Gasteiger partial charge in [-0.25, -0.2) is 9.67 Å². The van der Waals surface area contributed by atoms with Gasteiger partial charge in [0.2, 0.25) is 0 Å². The monoisotopic (exact) mass is 286 g/mol. The molecule has 5 nitrogen and oxygen atoms in total. The van der Waals surface area contributed by atoms with Gasteiger partial charge in [-0.05, 0) is 48.9 Å². The van der Waals surface area contributed by atoms with Crippen LogP contribution in [0.15, 0.2) is 24.5 Å². The number of fused-ring (bicyclic) bond motifs is 1. The van der Waals surface area contributed by atoms with Gasteiger partial charge in [0.1, 0.15) is 18.7 Å². The minimum absolute atomic E-state index is 0.140. The van der Waals surface area contributed by atoms with Crippen LogP contribution in [0, 0.1) is 0 Å². The van der Waals surface area contributed by atoms with Gasteiger partial charge in [0.05, 0.1) is 0 Å². The fourth-order valence-corrected chi connectivity index (χ4v) is 2.85. The first-order valence-electron chi connectivity index (χ1n) is 7.66. The molecular formula is C16H22N4O. The van der Waals surface area contributed by atoms with Crippen LogP contribution in [0.2, 0.25) is 0 Å². The minimum Gasteiger partial charge on any atom is -0.486 e. The Bertz CT molecular complexity index is 608. The lowest BCUT2D eigenvalue weighted by atomic mass is 9.88. The van der Waals surface area contributed by atoms with Gasteiger partial charge in [-0.2, -0.15) is 5.10 Å². The van der Waals surface area contributed by atoms with E-state index in [9.17, 15) is 0 Å². The molecule has 5 heteroatoms. The van der Waals surface area contributed by atoms with Crippen LogP contribution in [-0.2, 0) is 19.6 Å². The molecule has 0 saturated heterocycles. The lowest BCUT2D eigenvalue weighted by molar-refractivity contribution is 0.285. The van der Waals surface area contributed by atoms with Crippen LogP contribution in [0.3, 0.4) is 0 Å². The van der Waals surface area contributed by atoms with E-state index < -0.39 is 0 Å². The highest BCUT2D eigenvalue weighted by atomic mass is 16.5. The third kappa shape index (κ3) is 3.08. The molecule has 1 aromatic heterocycles. The van der Waals surface area contributed by atoms with Crippen LogP contribution in [0.5, 0.6) is 5.75 Å². The van der Waals surface area contributed by atoms with E-state index in [-0.39, 0.29) is 6.04 Å². The van der Waals surface area contributed by atoms with E-state index in [4.69, 9.17) is 10.5 Å². The highest BCUT2D eigenvalue weighted by molar-refractivity contribution is 5.39. The van der Waals surface area contributed by atoms with Crippen molar-refractivity contribution in [3.05, 3.63) is 41.5 Å². The number of hydrogen-bond acceptors (Lipinski definition) is 4. The first-order valence-corrected chi connectivity index (χ1v) is 7.66. The molecule has 21 heavy (non-hydrogen) atoms. The van der Waals surface area contributed by atoms with E-state index in [0.29, 0.717) is 6.61 Å². The van der Waals surface area contributed by atoms with Crippen LogP contribution in [0.1, 0.15) is 49.2 Å². The average Bonchev–Trinajstić information content (AvgIpc) is 2.93. The van der Waals surface area contributed by atoms with E-state index in [1.165, 1.54) is 17.5 Å². The summed E-state index contributed by atoms with van der Waals surface area (Å²) in [5.41, 5.74) is 8.77. The maximum atomic E-state index is 6.19. The van der Waals surface area contributed by atoms with Crippen LogP contribution in [0.4, 0.5) is 0 Å². The van der Waals surface area contributed by atoms with Gasteiger partial charge in [-0.3, -0.25) is 0 Å². The predicted octanol–water partition coefficient (Wildman–Crippen LogP) is 2.60. The molecule has 0 saturated carbocycles. The number of hydrogen-bond donors (Lipinski definition) is 1. The van der Waals surface area contributed by atoms with Crippen molar-refractivity contribution in [1.82, 2.24) is 14.8 Å². The van der Waals surface area contributed by atoms with E-state index in [1.54, 1.807) is 6.33 Å². The van der Waals surface area contributed by atoms with Crippen molar-refractivity contribution in [2.24, 2.45) is 5.73 Å². The summed E-state index contributed by atoms with van der Waals surface area (Å²) < 4.78 is 7.77. The van der Waals surface area contributed by atoms with Crippen molar-refractivity contribution in [3.63, 3.8) is 0 Å². The summed E-state index contributed by atoms with van der Waals surface area (Å²) in [4.78, 5) is 4.25. The Hall–Kier alpha value is -1.88. The van der Waals surface area contributed by atoms with Gasteiger partial charge in [-0.15, -0.1) is 0 Å². The highest BCUT2D eigenvalue weighted by Crippen LogP contribution is 2.31. The number of rotatable bonds is 5. The van der Waals surface area contributed by atoms with Crippen LogP contribution >= 0.6 is 0 Å². The third-order valence-electron chi connectivity index (χ3n) is 3.98. The lowest BCUT2D eigenvalue weighted by Gasteiger charge is -2.22. The number of aryl methyl sites for hydroxylation is 2. The first-order chi connectivity index (χ1) is 10.3. The SMILES string of the molecule is CCCn1ncnc1COc1ccc2c(c1)[C@@H](N)CCC2. The zero-order valence-corrected chi connectivity index (χ0v) is 12.5. The van der Waals surface area contributed by atoms with Crippen molar-refractivity contribution in [2.75, 3.05) is 0 Å². The number of nitrogens with two attached hydrogens (primary N) is 1. The molecule has 0 spiro atoms. The van der Waals surface area contributed by atoms with E-state index in [1.807, 2.05) is 10.7 Å². The Morgan fingerprint density at radius 1 is 1.43 bits per heavy atom. The second kappa shape index (κ2) is 6.26. The quantitative estimate of drug-likeness (QED) is 0.917. The third-order valence-corrected chi connectivity index (χ3v) is 3.98. The standard InChI is InChI=1S/C16H22N4O/c1-2-8-20-16(18-11-19-20)10-21-13-7-6-12-4-3-5-15(17)14(12)9-13/h6-7,9,11,15H,2-5,8,10,17H2,1H3/t15-/m0/s1. The number of ether oxygens (including phenoxy) is 1. The zero-order chi connectivity index (χ0) is 14.7. The van der Waals surface area contributed by atoms with Crippen LogP contribution in [-0.4, -0.2) is 14.8 Å². The fourth-order valence-electron chi connectivity index (χ4n) is 2.85. The molecule has 2 N–H and O–H groups in total. The van der Waals surface area contributed by atoms with Gasteiger partial charge in [0, 0.05) is 12.6 Å². The molecule has 0 unspecified atom stereocenters. The first kappa shape index (κ1) is 14.1. The maximum absolute atomic E-state index is 6.19. The molecule has 1 atom stereocenters. The summed E-state index contributed by atoms with van der Waals surface area (Å²) in [5, 5.41) is 4.21. The minimum atomic E-state index is 0.140. The van der Waals surface area contributed by atoms with Crippen molar-refractivity contribution < 1.29 is 4.74 Å². The van der Waals surface area contributed by atoms with Gasteiger partial charge in [0.15, 0.2) is 5.82 Å². The smallest absolute Gasteiger partial charge is 0.164 e. The van der Waals surface area contributed by atoms with Crippen molar-refractivity contribution in [1.29, 1.82) is 0 Å². The van der Waals surface area contributed by atoms with Gasteiger partial charge < -0.3 is 10.5 Å². The second-order valence-electron chi connectivity index (χ2n) is 5.55. The number of nitrogens with zero attached hydrogens (tertiary/aromatic N) is 3. The largest absolute Gasteiger partial charge is 0.486 e. The van der Waals surface area contributed by atoms with E-state index in [0.717, 1.165) is 37.4 Å². The summed E-state index contributed by atoms with van der Waals surface area (Å²) in [5.74, 6) is 1.72. The molecule has 1 aliphatic rings. The van der Waals surface area contributed by atoms with Gasteiger partial charge in [-0.1, -0.05) is 13.0 Å². The second-order valence-corrected chi connectivity index (χ2v) is 5.55. The Morgan fingerprint density at radius 2 is 2.33 bits per heavy atom. The average molecular weight is 286 g/mol. The molecule has 0 fully saturated rings.